The maximum Gasteiger partial charge on any atom is 0.407 e. The molecule has 0 saturated heterocycles. The van der Waals surface area contributed by atoms with Gasteiger partial charge in [0.1, 0.15) is 12.4 Å². The van der Waals surface area contributed by atoms with E-state index in [0.717, 1.165) is 25.4 Å². The van der Waals surface area contributed by atoms with Gasteiger partial charge in [0.05, 0.1) is 13.2 Å². The van der Waals surface area contributed by atoms with Crippen LogP contribution in [0.5, 0.6) is 5.75 Å². The van der Waals surface area contributed by atoms with Crippen molar-refractivity contribution in [2.45, 2.75) is 27.3 Å². The molecule has 0 aliphatic heterocycles. The maximum atomic E-state index is 11.1. The highest BCUT2D eigenvalue weighted by atomic mass is 16.5. The normalized spacial score (nSPS) is 11.0. The molecule has 0 aliphatic carbocycles. The third kappa shape index (κ3) is 8.26. The van der Waals surface area contributed by atoms with Gasteiger partial charge in [-0.1, -0.05) is 31.2 Å². The Morgan fingerprint density at radius 1 is 1.35 bits per heavy atom. The number of benzene rings is 1. The van der Waals surface area contributed by atoms with Crippen molar-refractivity contribution < 1.29 is 14.3 Å². The fraction of sp³-hybridized carbons (Fsp3) is 0.500. The topological polar surface area (TPSA) is 50.8 Å². The average Bonchev–Trinajstić information content (AvgIpc) is 2.56. The summed E-state index contributed by atoms with van der Waals surface area (Å²) in [5.41, 5.74) is 1.22. The van der Waals surface area contributed by atoms with Gasteiger partial charge in [0, 0.05) is 13.1 Å². The first-order valence-corrected chi connectivity index (χ1v) is 8.15. The average molecular weight is 320 g/mol. The molecule has 1 amide bonds. The predicted octanol–water partition coefficient (Wildman–Crippen LogP) is 3.21. The molecule has 0 heterocycles. The summed E-state index contributed by atoms with van der Waals surface area (Å²) in [6.45, 7) is 10.0. The second-order valence-electron chi connectivity index (χ2n) is 5.04. The standard InChI is InChI=1S/C18H28N2O3/c1-4-7-12-20(5-2)15-16-9-8-10-17(14-16)23-13-11-19-18(21)22-6-3/h4,7-10,14H,5-6,11-13,15H2,1-3H3,(H,19,21)/b7-4+. The van der Waals surface area contributed by atoms with E-state index in [4.69, 9.17) is 9.47 Å². The van der Waals surface area contributed by atoms with Crippen LogP contribution in [-0.4, -0.2) is 43.8 Å². The van der Waals surface area contributed by atoms with Crippen molar-refractivity contribution in [2.75, 3.05) is 32.8 Å². The monoisotopic (exact) mass is 320 g/mol. The second-order valence-corrected chi connectivity index (χ2v) is 5.04. The molecular formula is C18H28N2O3. The van der Waals surface area contributed by atoms with Crippen molar-refractivity contribution in [2.24, 2.45) is 0 Å². The quantitative estimate of drug-likeness (QED) is 0.531. The fourth-order valence-electron chi connectivity index (χ4n) is 2.06. The Labute approximate surface area is 139 Å². The van der Waals surface area contributed by atoms with Gasteiger partial charge >= 0.3 is 6.09 Å². The molecule has 1 aromatic carbocycles. The van der Waals surface area contributed by atoms with Gasteiger partial charge in [0.15, 0.2) is 0 Å². The number of carbonyl (C=O) groups excluding carboxylic acids is 1. The number of carbonyl (C=O) groups is 1. The first-order chi connectivity index (χ1) is 11.2. The van der Waals surface area contributed by atoms with E-state index < -0.39 is 6.09 Å². The lowest BCUT2D eigenvalue weighted by Crippen LogP contribution is -2.28. The van der Waals surface area contributed by atoms with Gasteiger partial charge in [-0.3, -0.25) is 4.90 Å². The molecular weight excluding hydrogens is 292 g/mol. The summed E-state index contributed by atoms with van der Waals surface area (Å²) in [6.07, 6.45) is 3.82. The summed E-state index contributed by atoms with van der Waals surface area (Å²) in [4.78, 5) is 13.5. The zero-order chi connectivity index (χ0) is 16.9. The smallest absolute Gasteiger partial charge is 0.407 e. The Morgan fingerprint density at radius 2 is 2.17 bits per heavy atom. The van der Waals surface area contributed by atoms with Crippen LogP contribution >= 0.6 is 0 Å². The third-order valence-electron chi connectivity index (χ3n) is 3.27. The minimum absolute atomic E-state index is 0.371. The Bertz CT molecular complexity index is 489. The number of hydrogen-bond acceptors (Lipinski definition) is 4. The molecule has 0 bridgehead atoms. The van der Waals surface area contributed by atoms with Gasteiger partial charge in [0.2, 0.25) is 0 Å². The van der Waals surface area contributed by atoms with E-state index in [1.165, 1.54) is 5.56 Å². The first kappa shape index (κ1) is 19.0. The molecule has 128 valence electrons. The number of amides is 1. The van der Waals surface area contributed by atoms with Crippen molar-refractivity contribution in [1.29, 1.82) is 0 Å². The minimum Gasteiger partial charge on any atom is -0.492 e. The van der Waals surface area contributed by atoms with Crippen LogP contribution in [0.3, 0.4) is 0 Å². The Hall–Kier alpha value is -2.01. The Kier molecular flexibility index (Phi) is 9.55. The number of nitrogens with one attached hydrogen (secondary N) is 1. The van der Waals surface area contributed by atoms with Crippen LogP contribution in [0.1, 0.15) is 26.3 Å². The summed E-state index contributed by atoms with van der Waals surface area (Å²) < 4.78 is 10.5. The molecule has 0 unspecified atom stereocenters. The van der Waals surface area contributed by atoms with Crippen LogP contribution in [0.25, 0.3) is 0 Å². The van der Waals surface area contributed by atoms with Crippen molar-refractivity contribution in [3.8, 4) is 5.75 Å². The maximum absolute atomic E-state index is 11.1. The van der Waals surface area contributed by atoms with Gasteiger partial charge in [0.25, 0.3) is 0 Å². The summed E-state index contributed by atoms with van der Waals surface area (Å²) in [5.74, 6) is 0.815. The van der Waals surface area contributed by atoms with Gasteiger partial charge in [-0.05, 0) is 38.1 Å². The van der Waals surface area contributed by atoms with E-state index in [2.05, 4.69) is 35.4 Å². The Morgan fingerprint density at radius 3 is 2.87 bits per heavy atom. The van der Waals surface area contributed by atoms with Gasteiger partial charge in [-0.15, -0.1) is 0 Å². The largest absolute Gasteiger partial charge is 0.492 e. The van der Waals surface area contributed by atoms with E-state index in [9.17, 15) is 4.79 Å². The van der Waals surface area contributed by atoms with E-state index in [-0.39, 0.29) is 0 Å². The SMILES string of the molecule is C/C=C/CN(CC)Cc1cccc(OCCNC(=O)OCC)c1. The van der Waals surface area contributed by atoms with E-state index in [1.54, 1.807) is 6.92 Å². The highest BCUT2D eigenvalue weighted by molar-refractivity contribution is 5.66. The van der Waals surface area contributed by atoms with Crippen LogP contribution < -0.4 is 10.1 Å². The summed E-state index contributed by atoms with van der Waals surface area (Å²) in [7, 11) is 0. The fourth-order valence-corrected chi connectivity index (χ4v) is 2.06. The summed E-state index contributed by atoms with van der Waals surface area (Å²) in [6, 6.07) is 8.06. The number of ether oxygens (including phenoxy) is 2. The van der Waals surface area contributed by atoms with Crippen LogP contribution in [0.2, 0.25) is 0 Å². The van der Waals surface area contributed by atoms with Crippen LogP contribution in [-0.2, 0) is 11.3 Å². The first-order valence-electron chi connectivity index (χ1n) is 8.15. The molecule has 0 spiro atoms. The lowest BCUT2D eigenvalue weighted by molar-refractivity contribution is 0.150. The molecule has 5 nitrogen and oxygen atoms in total. The lowest BCUT2D eigenvalue weighted by Gasteiger charge is -2.19. The molecule has 1 N–H and O–H groups in total. The molecule has 0 saturated carbocycles. The molecule has 0 fully saturated rings. The zero-order valence-electron chi connectivity index (χ0n) is 14.4. The zero-order valence-corrected chi connectivity index (χ0v) is 14.4. The highest BCUT2D eigenvalue weighted by Crippen LogP contribution is 2.15. The second kappa shape index (κ2) is 11.5. The Balaban J connectivity index is 2.42. The van der Waals surface area contributed by atoms with Crippen molar-refractivity contribution in [3.63, 3.8) is 0 Å². The number of likely N-dealkylation sites (N-methyl/N-ethyl adjacent to an activating group) is 1. The van der Waals surface area contributed by atoms with Crippen molar-refractivity contribution in [1.82, 2.24) is 10.2 Å². The van der Waals surface area contributed by atoms with Crippen LogP contribution in [0, 0.1) is 0 Å². The predicted molar refractivity (Wildman–Crippen MR) is 92.7 cm³/mol. The number of hydrogen-bond donors (Lipinski definition) is 1. The highest BCUT2D eigenvalue weighted by Gasteiger charge is 2.04. The number of alkyl carbamates (subject to hydrolysis) is 1. The van der Waals surface area contributed by atoms with Gasteiger partial charge in [-0.25, -0.2) is 4.79 Å². The number of allylic oxidation sites excluding steroid dienone is 1. The molecule has 0 aromatic heterocycles. The molecule has 0 radical (unpaired) electrons. The molecule has 23 heavy (non-hydrogen) atoms. The molecule has 0 aliphatic rings. The summed E-state index contributed by atoms with van der Waals surface area (Å²) in [5, 5.41) is 2.63. The molecule has 1 rings (SSSR count). The van der Waals surface area contributed by atoms with Gasteiger partial charge < -0.3 is 14.8 Å². The third-order valence-corrected chi connectivity index (χ3v) is 3.27. The van der Waals surface area contributed by atoms with Crippen molar-refractivity contribution in [3.05, 3.63) is 42.0 Å². The minimum atomic E-state index is -0.410. The van der Waals surface area contributed by atoms with Crippen LogP contribution in [0.15, 0.2) is 36.4 Å². The lowest BCUT2D eigenvalue weighted by atomic mass is 10.2. The molecule has 5 heteroatoms. The van der Waals surface area contributed by atoms with E-state index in [0.29, 0.717) is 19.8 Å². The van der Waals surface area contributed by atoms with Gasteiger partial charge in [-0.2, -0.15) is 0 Å². The van der Waals surface area contributed by atoms with E-state index in [1.807, 2.05) is 25.1 Å². The molecule has 0 atom stereocenters. The van der Waals surface area contributed by atoms with E-state index >= 15 is 0 Å². The van der Waals surface area contributed by atoms with Crippen LogP contribution in [0.4, 0.5) is 4.79 Å². The molecule has 1 aromatic rings. The number of rotatable bonds is 10. The van der Waals surface area contributed by atoms with Crippen molar-refractivity contribution >= 4 is 6.09 Å². The summed E-state index contributed by atoms with van der Waals surface area (Å²) >= 11 is 0. The number of nitrogens with zero attached hydrogens (tertiary/aromatic N) is 1.